The first kappa shape index (κ1) is 17.4. The highest BCUT2D eigenvalue weighted by Gasteiger charge is 2.23. The van der Waals surface area contributed by atoms with Crippen molar-refractivity contribution in [3.05, 3.63) is 54.2 Å². The van der Waals surface area contributed by atoms with Gasteiger partial charge in [-0.1, -0.05) is 6.07 Å². The Balaban J connectivity index is 1.65. The van der Waals surface area contributed by atoms with E-state index in [0.717, 1.165) is 18.9 Å². The molecular weight excluding hydrogens is 340 g/mol. The van der Waals surface area contributed by atoms with Gasteiger partial charge in [-0.05, 0) is 43.4 Å². The maximum Gasteiger partial charge on any atom is 0.253 e. The van der Waals surface area contributed by atoms with Gasteiger partial charge in [-0.15, -0.1) is 0 Å². The normalized spacial score (nSPS) is 15.2. The third-order valence-corrected chi connectivity index (χ3v) is 5.65. The molecule has 2 aromatic rings. The fourth-order valence-corrected chi connectivity index (χ4v) is 3.49. The number of piperazine rings is 1. The summed E-state index contributed by atoms with van der Waals surface area (Å²) in [5.74, 6) is 0.824. The molecule has 1 fully saturated rings. The minimum atomic E-state index is -3.49. The van der Waals surface area contributed by atoms with E-state index in [1.807, 2.05) is 18.2 Å². The molecule has 1 N–H and O–H groups in total. The van der Waals surface area contributed by atoms with Crippen molar-refractivity contribution in [3.63, 3.8) is 0 Å². The zero-order chi connectivity index (χ0) is 17.9. The maximum absolute atomic E-state index is 12.6. The number of nitrogens with zero attached hydrogens (tertiary/aromatic N) is 3. The molecule has 25 heavy (non-hydrogen) atoms. The van der Waals surface area contributed by atoms with E-state index >= 15 is 0 Å². The number of amides is 1. The van der Waals surface area contributed by atoms with Gasteiger partial charge in [-0.25, -0.2) is 18.1 Å². The van der Waals surface area contributed by atoms with Crippen LogP contribution in [0.5, 0.6) is 0 Å². The summed E-state index contributed by atoms with van der Waals surface area (Å²) in [5, 5.41) is 0. The molecule has 0 radical (unpaired) electrons. The lowest BCUT2D eigenvalue weighted by molar-refractivity contribution is 0.0746. The number of sulfonamides is 1. The Labute approximate surface area is 147 Å². The van der Waals surface area contributed by atoms with E-state index in [0.29, 0.717) is 18.7 Å². The van der Waals surface area contributed by atoms with Crippen LogP contribution in [0, 0.1) is 0 Å². The van der Waals surface area contributed by atoms with Crippen LogP contribution in [0.4, 0.5) is 5.82 Å². The number of nitrogens with one attached hydrogen (secondary N) is 1. The average Bonchev–Trinajstić information content (AvgIpc) is 2.68. The van der Waals surface area contributed by atoms with Crippen LogP contribution >= 0.6 is 0 Å². The summed E-state index contributed by atoms with van der Waals surface area (Å²) < 4.78 is 25.7. The lowest BCUT2D eigenvalue weighted by Gasteiger charge is -2.35. The lowest BCUT2D eigenvalue weighted by atomic mass is 10.2. The Morgan fingerprint density at radius 1 is 1.04 bits per heavy atom. The summed E-state index contributed by atoms with van der Waals surface area (Å²) in [6.07, 6.45) is 1.76. The van der Waals surface area contributed by atoms with Gasteiger partial charge in [0, 0.05) is 37.9 Å². The SMILES string of the molecule is CNS(=O)(=O)c1ccc(C(=O)N2CCN(c3ccccn3)CC2)cc1. The third kappa shape index (κ3) is 3.80. The minimum absolute atomic E-state index is 0.0888. The monoisotopic (exact) mass is 360 g/mol. The van der Waals surface area contributed by atoms with Crippen LogP contribution in [0.1, 0.15) is 10.4 Å². The van der Waals surface area contributed by atoms with Crippen molar-refractivity contribution >= 4 is 21.7 Å². The molecule has 0 aliphatic carbocycles. The van der Waals surface area contributed by atoms with Crippen LogP contribution in [-0.2, 0) is 10.0 Å². The summed E-state index contributed by atoms with van der Waals surface area (Å²) >= 11 is 0. The van der Waals surface area contributed by atoms with Gasteiger partial charge < -0.3 is 9.80 Å². The maximum atomic E-state index is 12.6. The van der Waals surface area contributed by atoms with Gasteiger partial charge in [0.05, 0.1) is 4.90 Å². The number of anilines is 1. The standard InChI is InChI=1S/C17H20N4O3S/c1-18-25(23,24)15-7-5-14(6-8-15)17(22)21-12-10-20(11-13-21)16-4-2-3-9-19-16/h2-9,18H,10-13H2,1H3. The average molecular weight is 360 g/mol. The van der Waals surface area contributed by atoms with Gasteiger partial charge >= 0.3 is 0 Å². The Bertz CT molecular complexity index is 830. The van der Waals surface area contributed by atoms with Crippen LogP contribution in [0.3, 0.4) is 0 Å². The highest BCUT2D eigenvalue weighted by atomic mass is 32.2. The van der Waals surface area contributed by atoms with E-state index in [2.05, 4.69) is 14.6 Å². The Morgan fingerprint density at radius 2 is 1.72 bits per heavy atom. The van der Waals surface area contributed by atoms with E-state index in [-0.39, 0.29) is 10.8 Å². The van der Waals surface area contributed by atoms with Crippen molar-refractivity contribution in [3.8, 4) is 0 Å². The number of benzene rings is 1. The third-order valence-electron chi connectivity index (χ3n) is 4.22. The second-order valence-electron chi connectivity index (χ2n) is 5.70. The van der Waals surface area contributed by atoms with Crippen molar-refractivity contribution < 1.29 is 13.2 Å². The number of carbonyl (C=O) groups is 1. The highest BCUT2D eigenvalue weighted by Crippen LogP contribution is 2.16. The molecule has 0 unspecified atom stereocenters. The highest BCUT2D eigenvalue weighted by molar-refractivity contribution is 7.89. The van der Waals surface area contributed by atoms with Gasteiger partial charge in [0.25, 0.3) is 5.91 Å². The molecule has 7 nitrogen and oxygen atoms in total. The van der Waals surface area contributed by atoms with E-state index in [9.17, 15) is 13.2 Å². The first-order valence-electron chi connectivity index (χ1n) is 8.00. The van der Waals surface area contributed by atoms with Crippen LogP contribution in [0.15, 0.2) is 53.6 Å². The Hall–Kier alpha value is -2.45. The van der Waals surface area contributed by atoms with Crippen molar-refractivity contribution in [2.45, 2.75) is 4.90 Å². The van der Waals surface area contributed by atoms with Gasteiger partial charge in [0.2, 0.25) is 10.0 Å². The summed E-state index contributed by atoms with van der Waals surface area (Å²) in [7, 11) is -2.14. The second kappa shape index (κ2) is 7.20. The summed E-state index contributed by atoms with van der Waals surface area (Å²) in [5.41, 5.74) is 0.487. The molecule has 1 aromatic heterocycles. The molecule has 2 heterocycles. The molecule has 0 spiro atoms. The predicted molar refractivity (Wildman–Crippen MR) is 95.0 cm³/mol. The zero-order valence-electron chi connectivity index (χ0n) is 13.9. The fourth-order valence-electron chi connectivity index (χ4n) is 2.76. The quantitative estimate of drug-likeness (QED) is 0.878. The van der Waals surface area contributed by atoms with Gasteiger partial charge in [-0.3, -0.25) is 4.79 Å². The topological polar surface area (TPSA) is 82.6 Å². The van der Waals surface area contributed by atoms with Crippen molar-refractivity contribution in [2.75, 3.05) is 38.1 Å². The fraction of sp³-hybridized carbons (Fsp3) is 0.294. The first-order valence-corrected chi connectivity index (χ1v) is 9.48. The van der Waals surface area contributed by atoms with Gasteiger partial charge in [0.15, 0.2) is 0 Å². The van der Waals surface area contributed by atoms with Crippen molar-refractivity contribution in [1.29, 1.82) is 0 Å². The number of rotatable bonds is 4. The van der Waals surface area contributed by atoms with Gasteiger partial charge in [-0.2, -0.15) is 0 Å². The lowest BCUT2D eigenvalue weighted by Crippen LogP contribution is -2.49. The Morgan fingerprint density at radius 3 is 2.28 bits per heavy atom. The number of pyridine rings is 1. The number of carbonyl (C=O) groups excluding carboxylic acids is 1. The van der Waals surface area contributed by atoms with Crippen LogP contribution in [-0.4, -0.2) is 57.4 Å². The number of hydrogen-bond donors (Lipinski definition) is 1. The molecule has 1 saturated heterocycles. The van der Waals surface area contributed by atoms with Crippen LogP contribution in [0.2, 0.25) is 0 Å². The largest absolute Gasteiger partial charge is 0.353 e. The smallest absolute Gasteiger partial charge is 0.253 e. The molecule has 1 aliphatic heterocycles. The zero-order valence-corrected chi connectivity index (χ0v) is 14.7. The van der Waals surface area contributed by atoms with Crippen molar-refractivity contribution in [1.82, 2.24) is 14.6 Å². The molecule has 132 valence electrons. The van der Waals surface area contributed by atoms with Crippen molar-refractivity contribution in [2.24, 2.45) is 0 Å². The molecule has 1 amide bonds. The Kier molecular flexibility index (Phi) is 5.00. The van der Waals surface area contributed by atoms with Crippen LogP contribution < -0.4 is 9.62 Å². The van der Waals surface area contributed by atoms with Gasteiger partial charge in [0.1, 0.15) is 5.82 Å². The second-order valence-corrected chi connectivity index (χ2v) is 7.59. The molecule has 1 aliphatic rings. The molecular formula is C17H20N4O3S. The summed E-state index contributed by atoms with van der Waals surface area (Å²) in [6, 6.07) is 11.8. The van der Waals surface area contributed by atoms with E-state index in [4.69, 9.17) is 0 Å². The molecule has 0 saturated carbocycles. The van der Waals surface area contributed by atoms with E-state index < -0.39 is 10.0 Å². The molecule has 0 atom stereocenters. The van der Waals surface area contributed by atoms with Crippen LogP contribution in [0.25, 0.3) is 0 Å². The number of aromatic nitrogens is 1. The summed E-state index contributed by atoms with van der Waals surface area (Å²) in [6.45, 7) is 2.64. The number of hydrogen-bond acceptors (Lipinski definition) is 5. The summed E-state index contributed by atoms with van der Waals surface area (Å²) in [4.78, 5) is 21.0. The molecule has 3 rings (SSSR count). The molecule has 1 aromatic carbocycles. The van der Waals surface area contributed by atoms with E-state index in [1.165, 1.54) is 19.2 Å². The predicted octanol–water partition coefficient (Wildman–Crippen LogP) is 0.952. The molecule has 8 heteroatoms. The minimum Gasteiger partial charge on any atom is -0.353 e. The van der Waals surface area contributed by atoms with E-state index in [1.54, 1.807) is 23.2 Å². The molecule has 0 bridgehead atoms. The first-order chi connectivity index (χ1) is 12.0.